The summed E-state index contributed by atoms with van der Waals surface area (Å²) in [4.78, 5) is 2.27. The van der Waals surface area contributed by atoms with E-state index in [2.05, 4.69) is 24.3 Å². The van der Waals surface area contributed by atoms with E-state index in [0.717, 1.165) is 27.2 Å². The van der Waals surface area contributed by atoms with E-state index in [4.69, 9.17) is 16.0 Å². The van der Waals surface area contributed by atoms with Gasteiger partial charge in [0, 0.05) is 20.9 Å². The lowest BCUT2D eigenvalue weighted by atomic mass is 10.1. The molecule has 0 saturated carbocycles. The Hall–Kier alpha value is -2.16. The fourth-order valence-corrected chi connectivity index (χ4v) is 3.76. The van der Waals surface area contributed by atoms with E-state index in [0.29, 0.717) is 5.02 Å². The van der Waals surface area contributed by atoms with Crippen LogP contribution in [0.4, 0.5) is 0 Å². The van der Waals surface area contributed by atoms with Gasteiger partial charge in [0.1, 0.15) is 11.3 Å². The molecule has 1 aromatic heterocycles. The van der Waals surface area contributed by atoms with Crippen LogP contribution in [0.15, 0.2) is 93.1 Å². The predicted molar refractivity (Wildman–Crippen MR) is 97.2 cm³/mol. The Morgan fingerprint density at radius 1 is 0.783 bits per heavy atom. The first-order valence-corrected chi connectivity index (χ1v) is 8.51. The van der Waals surface area contributed by atoms with E-state index < -0.39 is 0 Å². The first kappa shape index (κ1) is 14.4. The van der Waals surface area contributed by atoms with Crippen LogP contribution in [0.25, 0.3) is 22.3 Å². The van der Waals surface area contributed by atoms with Gasteiger partial charge in [0.2, 0.25) is 0 Å². The van der Waals surface area contributed by atoms with E-state index in [1.165, 1.54) is 4.90 Å². The maximum absolute atomic E-state index is 6.20. The molecule has 1 nitrogen and oxygen atoms in total. The Bertz CT molecular complexity index is 945. The third-order valence-corrected chi connectivity index (χ3v) is 4.96. The summed E-state index contributed by atoms with van der Waals surface area (Å²) in [5.41, 5.74) is 1.92. The molecule has 0 bridgehead atoms. The molecule has 0 aliphatic heterocycles. The molecule has 1 heterocycles. The number of furan rings is 1. The van der Waals surface area contributed by atoms with E-state index in [-0.39, 0.29) is 0 Å². The molecule has 0 radical (unpaired) electrons. The molecule has 0 N–H and O–H groups in total. The minimum Gasteiger partial charge on any atom is -0.455 e. The van der Waals surface area contributed by atoms with Crippen molar-refractivity contribution >= 4 is 34.3 Å². The normalized spacial score (nSPS) is 11.0. The van der Waals surface area contributed by atoms with Crippen molar-refractivity contribution in [2.24, 2.45) is 0 Å². The summed E-state index contributed by atoms with van der Waals surface area (Å²) in [6.07, 6.45) is 0. The van der Waals surface area contributed by atoms with E-state index in [1.54, 1.807) is 11.8 Å². The van der Waals surface area contributed by atoms with Gasteiger partial charge >= 0.3 is 0 Å². The summed E-state index contributed by atoms with van der Waals surface area (Å²) in [6, 6.07) is 26.2. The molecule has 3 heteroatoms. The summed E-state index contributed by atoms with van der Waals surface area (Å²) in [7, 11) is 0. The molecule has 0 aliphatic carbocycles. The molecule has 0 spiro atoms. The van der Waals surface area contributed by atoms with Crippen molar-refractivity contribution in [2.75, 3.05) is 0 Å². The van der Waals surface area contributed by atoms with Gasteiger partial charge in [0.05, 0.1) is 4.90 Å². The number of hydrogen-bond donors (Lipinski definition) is 0. The van der Waals surface area contributed by atoms with Crippen LogP contribution in [0.2, 0.25) is 5.02 Å². The molecular formula is C20H13ClOS. The smallest absolute Gasteiger partial charge is 0.149 e. The summed E-state index contributed by atoms with van der Waals surface area (Å²) >= 11 is 7.90. The lowest BCUT2D eigenvalue weighted by Gasteiger charge is -2.03. The number of hydrogen-bond acceptors (Lipinski definition) is 2. The minimum atomic E-state index is 0.716. The van der Waals surface area contributed by atoms with Gasteiger partial charge < -0.3 is 4.42 Å². The molecule has 4 rings (SSSR count). The van der Waals surface area contributed by atoms with Crippen LogP contribution in [0.3, 0.4) is 0 Å². The van der Waals surface area contributed by atoms with Crippen LogP contribution in [0.5, 0.6) is 0 Å². The summed E-state index contributed by atoms with van der Waals surface area (Å²) < 4.78 is 6.13. The molecule has 3 aromatic carbocycles. The average molecular weight is 337 g/mol. The molecular weight excluding hydrogens is 324 g/mol. The predicted octanol–water partition coefficient (Wildman–Crippen LogP) is 6.90. The highest BCUT2D eigenvalue weighted by molar-refractivity contribution is 7.99. The fraction of sp³-hybridized carbons (Fsp3) is 0. The Balaban J connectivity index is 1.93. The van der Waals surface area contributed by atoms with Crippen LogP contribution < -0.4 is 0 Å². The van der Waals surface area contributed by atoms with Crippen molar-refractivity contribution in [3.05, 3.63) is 83.9 Å². The van der Waals surface area contributed by atoms with Crippen LogP contribution in [0, 0.1) is 0 Å². The Kier molecular flexibility index (Phi) is 3.86. The SMILES string of the molecule is Clc1ccc2oc(-c3ccccc3)c(Sc3ccccc3)c2c1. The van der Waals surface area contributed by atoms with Gasteiger partial charge in [-0.05, 0) is 30.3 Å². The van der Waals surface area contributed by atoms with Gasteiger partial charge in [-0.3, -0.25) is 0 Å². The van der Waals surface area contributed by atoms with E-state index in [1.807, 2.05) is 54.6 Å². The van der Waals surface area contributed by atoms with Gasteiger partial charge in [-0.2, -0.15) is 0 Å². The lowest BCUT2D eigenvalue weighted by molar-refractivity contribution is 0.625. The van der Waals surface area contributed by atoms with Crippen molar-refractivity contribution in [1.29, 1.82) is 0 Å². The van der Waals surface area contributed by atoms with Crippen LogP contribution in [0.1, 0.15) is 0 Å². The zero-order valence-corrected chi connectivity index (χ0v) is 13.8. The maximum Gasteiger partial charge on any atom is 0.149 e. The zero-order valence-electron chi connectivity index (χ0n) is 12.2. The molecule has 0 aliphatic rings. The first-order valence-electron chi connectivity index (χ1n) is 7.31. The van der Waals surface area contributed by atoms with E-state index >= 15 is 0 Å². The summed E-state index contributed by atoms with van der Waals surface area (Å²) in [6.45, 7) is 0. The standard InChI is InChI=1S/C20H13ClOS/c21-15-11-12-18-17(13-15)20(23-16-9-5-2-6-10-16)19(22-18)14-7-3-1-4-8-14/h1-13H. The van der Waals surface area contributed by atoms with Gasteiger partial charge in [0.15, 0.2) is 0 Å². The lowest BCUT2D eigenvalue weighted by Crippen LogP contribution is -1.78. The zero-order chi connectivity index (χ0) is 15.6. The molecule has 0 fully saturated rings. The molecule has 0 unspecified atom stereocenters. The van der Waals surface area contributed by atoms with Crippen molar-refractivity contribution in [3.63, 3.8) is 0 Å². The summed E-state index contributed by atoms with van der Waals surface area (Å²) in [5, 5.41) is 1.76. The highest BCUT2D eigenvalue weighted by atomic mass is 35.5. The van der Waals surface area contributed by atoms with Gasteiger partial charge in [0.25, 0.3) is 0 Å². The number of rotatable bonds is 3. The second-order valence-electron chi connectivity index (χ2n) is 5.18. The van der Waals surface area contributed by atoms with Crippen molar-refractivity contribution in [3.8, 4) is 11.3 Å². The van der Waals surface area contributed by atoms with Gasteiger partial charge in [-0.1, -0.05) is 71.9 Å². The second kappa shape index (κ2) is 6.15. The van der Waals surface area contributed by atoms with Crippen LogP contribution in [-0.2, 0) is 0 Å². The molecule has 23 heavy (non-hydrogen) atoms. The maximum atomic E-state index is 6.20. The molecule has 0 saturated heterocycles. The van der Waals surface area contributed by atoms with Gasteiger partial charge in [-0.25, -0.2) is 0 Å². The molecule has 0 atom stereocenters. The quantitative estimate of drug-likeness (QED) is 0.403. The van der Waals surface area contributed by atoms with Crippen molar-refractivity contribution < 1.29 is 4.42 Å². The number of fused-ring (bicyclic) bond motifs is 1. The highest BCUT2D eigenvalue weighted by Gasteiger charge is 2.17. The van der Waals surface area contributed by atoms with Crippen molar-refractivity contribution in [2.45, 2.75) is 9.79 Å². The Morgan fingerprint density at radius 2 is 1.48 bits per heavy atom. The first-order chi connectivity index (χ1) is 11.3. The third kappa shape index (κ3) is 2.88. The average Bonchev–Trinajstić information content (AvgIpc) is 2.95. The third-order valence-electron chi connectivity index (χ3n) is 3.60. The Labute approximate surface area is 143 Å². The molecule has 112 valence electrons. The highest BCUT2D eigenvalue weighted by Crippen LogP contribution is 2.43. The van der Waals surface area contributed by atoms with Crippen LogP contribution >= 0.6 is 23.4 Å². The molecule has 0 amide bonds. The monoisotopic (exact) mass is 336 g/mol. The fourth-order valence-electron chi connectivity index (χ4n) is 2.53. The largest absolute Gasteiger partial charge is 0.455 e. The van der Waals surface area contributed by atoms with Crippen LogP contribution in [-0.4, -0.2) is 0 Å². The van der Waals surface area contributed by atoms with Crippen molar-refractivity contribution in [1.82, 2.24) is 0 Å². The summed E-state index contributed by atoms with van der Waals surface area (Å²) in [5.74, 6) is 0.886. The van der Waals surface area contributed by atoms with E-state index in [9.17, 15) is 0 Å². The topological polar surface area (TPSA) is 13.1 Å². The second-order valence-corrected chi connectivity index (χ2v) is 6.70. The number of benzene rings is 3. The molecule has 4 aromatic rings. The van der Waals surface area contributed by atoms with Gasteiger partial charge in [-0.15, -0.1) is 0 Å². The number of halogens is 1. The Morgan fingerprint density at radius 3 is 2.22 bits per heavy atom. The minimum absolute atomic E-state index is 0.716.